The van der Waals surface area contributed by atoms with Crippen LogP contribution in [0.15, 0.2) is 60.7 Å². The molecule has 44 heavy (non-hydrogen) atoms. The molecule has 0 aliphatic carbocycles. The van der Waals surface area contributed by atoms with E-state index in [0.717, 1.165) is 11.1 Å². The number of carboxylic acid groups (broad SMARTS) is 1. The third-order valence-electron chi connectivity index (χ3n) is 6.37. The number of aryl methyl sites for hydroxylation is 1. The molecule has 0 saturated carbocycles. The van der Waals surface area contributed by atoms with Crippen molar-refractivity contribution in [2.45, 2.75) is 39.4 Å². The van der Waals surface area contributed by atoms with Gasteiger partial charge >= 0.3 is 12.1 Å². The number of rotatable bonds is 17. The summed E-state index contributed by atoms with van der Waals surface area (Å²) in [7, 11) is 0. The standard InChI is InChI=1S/C31H34Cl2N2O9/c1-3-42-29(30(36)37)17-22-6-9-26(10-7-22)43-14-12-34(11-4-13-41-20-23-15-24(32)18-25(33)16-23)31(38)44-27-8-5-21(2)28(19-27)35(39)40/h5-10,15-16,18-19,29H,3-4,11-14,17,20H2,1-2H3,(H,36,37). The maximum absolute atomic E-state index is 13.1. The molecule has 236 valence electrons. The summed E-state index contributed by atoms with van der Waals surface area (Å²) >= 11 is 12.1. The molecule has 0 saturated heterocycles. The number of halogens is 2. The van der Waals surface area contributed by atoms with Gasteiger partial charge in [0.25, 0.3) is 5.69 Å². The molecule has 3 aromatic rings. The lowest BCUT2D eigenvalue weighted by Gasteiger charge is -2.22. The van der Waals surface area contributed by atoms with Crippen LogP contribution in [0.3, 0.4) is 0 Å². The lowest BCUT2D eigenvalue weighted by Crippen LogP contribution is -2.38. The number of carbonyl (C=O) groups excluding carboxylic acids is 1. The molecule has 1 unspecified atom stereocenters. The first kappa shape index (κ1) is 34.6. The SMILES string of the molecule is CCOC(Cc1ccc(OCCN(CCCOCc2cc(Cl)cc(Cl)c2)C(=O)Oc2ccc(C)c([N+](=O)[O-])c2)cc1)C(=O)O. The fraction of sp³-hybridized carbons (Fsp3) is 0.355. The van der Waals surface area contributed by atoms with Crippen LogP contribution in [0.1, 0.15) is 30.0 Å². The topological polar surface area (TPSA) is 138 Å². The number of nitrogens with zero attached hydrogens (tertiary/aromatic N) is 2. The monoisotopic (exact) mass is 648 g/mol. The molecule has 0 aliphatic heterocycles. The summed E-state index contributed by atoms with van der Waals surface area (Å²) in [6.45, 7) is 4.78. The van der Waals surface area contributed by atoms with Gasteiger partial charge in [0.05, 0.1) is 24.1 Å². The van der Waals surface area contributed by atoms with Crippen molar-refractivity contribution in [2.75, 3.05) is 32.9 Å². The van der Waals surface area contributed by atoms with Crippen LogP contribution in [0.5, 0.6) is 11.5 Å². The molecule has 13 heteroatoms. The molecule has 0 fully saturated rings. The van der Waals surface area contributed by atoms with Crippen LogP contribution in [-0.4, -0.2) is 66.0 Å². The van der Waals surface area contributed by atoms with Crippen LogP contribution in [0, 0.1) is 17.0 Å². The van der Waals surface area contributed by atoms with E-state index in [2.05, 4.69) is 0 Å². The summed E-state index contributed by atoms with van der Waals surface area (Å²) < 4.78 is 22.3. The summed E-state index contributed by atoms with van der Waals surface area (Å²) in [6, 6.07) is 16.3. The third kappa shape index (κ3) is 11.3. The quantitative estimate of drug-likeness (QED) is 0.0959. The molecule has 0 aromatic heterocycles. The third-order valence-corrected chi connectivity index (χ3v) is 6.80. The Labute approximate surface area is 265 Å². The highest BCUT2D eigenvalue weighted by Crippen LogP contribution is 2.25. The number of carbonyl (C=O) groups is 2. The highest BCUT2D eigenvalue weighted by Gasteiger charge is 2.20. The second-order valence-electron chi connectivity index (χ2n) is 9.72. The fourth-order valence-electron chi connectivity index (χ4n) is 4.18. The Kier molecular flexibility index (Phi) is 13.7. The molecule has 1 atom stereocenters. The smallest absolute Gasteiger partial charge is 0.415 e. The van der Waals surface area contributed by atoms with Crippen molar-refractivity contribution >= 4 is 41.0 Å². The normalized spacial score (nSPS) is 11.5. The van der Waals surface area contributed by atoms with Gasteiger partial charge in [0, 0.05) is 41.8 Å². The number of amides is 1. The van der Waals surface area contributed by atoms with Crippen molar-refractivity contribution < 1.29 is 38.6 Å². The van der Waals surface area contributed by atoms with Crippen LogP contribution in [-0.2, 0) is 27.3 Å². The minimum absolute atomic E-state index is 0.0506. The zero-order chi connectivity index (χ0) is 32.1. The van der Waals surface area contributed by atoms with Gasteiger partial charge in [-0.15, -0.1) is 0 Å². The van der Waals surface area contributed by atoms with Crippen LogP contribution in [0.4, 0.5) is 10.5 Å². The van der Waals surface area contributed by atoms with Gasteiger partial charge in [0.1, 0.15) is 18.1 Å². The predicted molar refractivity (Wildman–Crippen MR) is 165 cm³/mol. The van der Waals surface area contributed by atoms with Crippen molar-refractivity contribution in [1.82, 2.24) is 4.90 Å². The van der Waals surface area contributed by atoms with Crippen LogP contribution >= 0.6 is 23.2 Å². The Morgan fingerprint density at radius 2 is 1.64 bits per heavy atom. The predicted octanol–water partition coefficient (Wildman–Crippen LogP) is 6.73. The number of aliphatic carboxylic acids is 1. The Hall–Kier alpha value is -3.90. The average Bonchev–Trinajstić information content (AvgIpc) is 2.97. The lowest BCUT2D eigenvalue weighted by molar-refractivity contribution is -0.385. The summed E-state index contributed by atoms with van der Waals surface area (Å²) in [4.78, 5) is 36.7. The van der Waals surface area contributed by atoms with Crippen molar-refractivity contribution in [2.24, 2.45) is 0 Å². The summed E-state index contributed by atoms with van der Waals surface area (Å²) in [5.41, 5.74) is 1.88. The molecule has 1 N–H and O–H groups in total. The molecule has 0 bridgehead atoms. The molecule has 0 aliphatic rings. The Morgan fingerprint density at radius 3 is 2.27 bits per heavy atom. The lowest BCUT2D eigenvalue weighted by atomic mass is 10.1. The van der Waals surface area contributed by atoms with Gasteiger partial charge in [-0.25, -0.2) is 9.59 Å². The van der Waals surface area contributed by atoms with E-state index in [0.29, 0.717) is 41.0 Å². The maximum atomic E-state index is 13.1. The van der Waals surface area contributed by atoms with Crippen molar-refractivity contribution in [3.63, 3.8) is 0 Å². The summed E-state index contributed by atoms with van der Waals surface area (Å²) in [6.07, 6.45) is -0.948. The molecule has 11 nitrogen and oxygen atoms in total. The first-order valence-corrected chi connectivity index (χ1v) is 14.6. The Balaban J connectivity index is 1.59. The number of nitro groups is 1. The van der Waals surface area contributed by atoms with Crippen LogP contribution in [0.25, 0.3) is 0 Å². The molecule has 0 spiro atoms. The number of hydrogen-bond donors (Lipinski definition) is 1. The van der Waals surface area contributed by atoms with Gasteiger partial charge < -0.3 is 29.0 Å². The van der Waals surface area contributed by atoms with Crippen molar-refractivity contribution in [3.8, 4) is 11.5 Å². The van der Waals surface area contributed by atoms with E-state index in [1.807, 2.05) is 0 Å². The summed E-state index contributed by atoms with van der Waals surface area (Å²) in [5, 5.41) is 21.6. The molecule has 0 radical (unpaired) electrons. The zero-order valence-electron chi connectivity index (χ0n) is 24.4. The van der Waals surface area contributed by atoms with Gasteiger partial charge in [-0.3, -0.25) is 10.1 Å². The summed E-state index contributed by atoms with van der Waals surface area (Å²) in [5.74, 6) is -0.448. The minimum Gasteiger partial charge on any atom is -0.492 e. The Morgan fingerprint density at radius 1 is 0.955 bits per heavy atom. The zero-order valence-corrected chi connectivity index (χ0v) is 25.9. The molecule has 3 rings (SSSR count). The van der Waals surface area contributed by atoms with E-state index in [1.54, 1.807) is 56.3 Å². The first-order valence-electron chi connectivity index (χ1n) is 13.9. The van der Waals surface area contributed by atoms with E-state index >= 15 is 0 Å². The van der Waals surface area contributed by atoms with Gasteiger partial charge in [-0.2, -0.15) is 0 Å². The van der Waals surface area contributed by atoms with Crippen molar-refractivity contribution in [3.05, 3.63) is 97.5 Å². The second kappa shape index (κ2) is 17.4. The Bertz CT molecular complexity index is 1400. The second-order valence-corrected chi connectivity index (χ2v) is 10.6. The van der Waals surface area contributed by atoms with E-state index in [4.69, 9.17) is 42.1 Å². The highest BCUT2D eigenvalue weighted by atomic mass is 35.5. The molecule has 0 heterocycles. The number of hydrogen-bond acceptors (Lipinski definition) is 8. The number of benzene rings is 3. The fourth-order valence-corrected chi connectivity index (χ4v) is 4.75. The molecular formula is C31H34Cl2N2O9. The average molecular weight is 650 g/mol. The van der Waals surface area contributed by atoms with Crippen molar-refractivity contribution in [1.29, 1.82) is 0 Å². The largest absolute Gasteiger partial charge is 0.492 e. The van der Waals surface area contributed by atoms with Crippen LogP contribution < -0.4 is 9.47 Å². The molecular weight excluding hydrogens is 615 g/mol. The molecule has 3 aromatic carbocycles. The highest BCUT2D eigenvalue weighted by molar-refractivity contribution is 6.34. The number of ether oxygens (including phenoxy) is 4. The minimum atomic E-state index is -1.03. The number of carboxylic acids is 1. The van der Waals surface area contributed by atoms with Crippen LogP contribution in [0.2, 0.25) is 10.0 Å². The van der Waals surface area contributed by atoms with Gasteiger partial charge in [0.15, 0.2) is 6.10 Å². The maximum Gasteiger partial charge on any atom is 0.415 e. The van der Waals surface area contributed by atoms with Gasteiger partial charge in [-0.1, -0.05) is 35.3 Å². The van der Waals surface area contributed by atoms with E-state index in [-0.39, 0.29) is 44.2 Å². The number of nitro benzene ring substituents is 1. The first-order chi connectivity index (χ1) is 21.0. The van der Waals surface area contributed by atoms with Gasteiger partial charge in [0.2, 0.25) is 0 Å². The van der Waals surface area contributed by atoms with E-state index in [9.17, 15) is 24.8 Å². The molecule has 1 amide bonds. The van der Waals surface area contributed by atoms with Gasteiger partial charge in [-0.05, 0) is 73.9 Å². The van der Waals surface area contributed by atoms with E-state index < -0.39 is 23.1 Å². The van der Waals surface area contributed by atoms with E-state index in [1.165, 1.54) is 23.1 Å².